The van der Waals surface area contributed by atoms with Crippen molar-refractivity contribution >= 4 is 17.5 Å². The van der Waals surface area contributed by atoms with Crippen LogP contribution in [-0.2, 0) is 6.54 Å². The number of rotatable bonds is 2. The average molecular weight is 312 g/mol. The zero-order valence-electron chi connectivity index (χ0n) is 12.9. The first-order valence-corrected chi connectivity index (χ1v) is 7.38. The van der Waals surface area contributed by atoms with Crippen molar-refractivity contribution in [1.29, 1.82) is 0 Å². The molecule has 1 amide bonds. The second-order valence-electron chi connectivity index (χ2n) is 5.64. The number of anilines is 2. The van der Waals surface area contributed by atoms with Crippen LogP contribution in [0.25, 0.3) is 0 Å². The van der Waals surface area contributed by atoms with Crippen LogP contribution in [0.5, 0.6) is 11.5 Å². The van der Waals surface area contributed by atoms with E-state index >= 15 is 0 Å². The number of hydrogen-bond acceptors (Lipinski definition) is 6. The molecule has 4 rings (SSSR count). The molecule has 1 aromatic carbocycles. The standard InChI is InChI=1S/C16H16N4O3/c1-19(2)16-17-8-11-12(18-16)9-20(15(11)21)10-3-4-13-14(7-10)23-6-5-22-13/h3-4,7-8H,5-6,9H2,1-2H3. The minimum atomic E-state index is -0.0954. The van der Waals surface area contributed by atoms with Crippen LogP contribution in [-0.4, -0.2) is 43.2 Å². The number of fused-ring (bicyclic) bond motifs is 2. The van der Waals surface area contributed by atoms with Crippen LogP contribution in [0, 0.1) is 0 Å². The van der Waals surface area contributed by atoms with Crippen molar-refractivity contribution in [3.8, 4) is 11.5 Å². The molecule has 0 bridgehead atoms. The van der Waals surface area contributed by atoms with Gasteiger partial charge in [-0.1, -0.05) is 0 Å². The maximum absolute atomic E-state index is 12.6. The fourth-order valence-corrected chi connectivity index (χ4v) is 2.70. The fourth-order valence-electron chi connectivity index (χ4n) is 2.70. The molecule has 1 aromatic heterocycles. The third-order valence-corrected chi connectivity index (χ3v) is 3.88. The van der Waals surface area contributed by atoms with Crippen LogP contribution < -0.4 is 19.3 Å². The Balaban J connectivity index is 1.67. The van der Waals surface area contributed by atoms with E-state index in [-0.39, 0.29) is 5.91 Å². The Morgan fingerprint density at radius 1 is 1.17 bits per heavy atom. The maximum atomic E-state index is 12.6. The van der Waals surface area contributed by atoms with E-state index < -0.39 is 0 Å². The molecular formula is C16H16N4O3. The van der Waals surface area contributed by atoms with E-state index in [9.17, 15) is 4.79 Å². The van der Waals surface area contributed by atoms with E-state index in [1.165, 1.54) is 0 Å². The van der Waals surface area contributed by atoms with Crippen molar-refractivity contribution < 1.29 is 14.3 Å². The molecule has 0 fully saturated rings. The molecule has 0 radical (unpaired) electrons. The van der Waals surface area contributed by atoms with E-state index in [1.54, 1.807) is 11.1 Å². The highest BCUT2D eigenvalue weighted by molar-refractivity contribution is 6.09. The van der Waals surface area contributed by atoms with Gasteiger partial charge in [0.15, 0.2) is 11.5 Å². The average Bonchev–Trinajstić information content (AvgIpc) is 2.91. The lowest BCUT2D eigenvalue weighted by Crippen LogP contribution is -2.23. The predicted octanol–water partition coefficient (Wildman–Crippen LogP) is 1.47. The summed E-state index contributed by atoms with van der Waals surface area (Å²) in [6.45, 7) is 1.49. The van der Waals surface area contributed by atoms with E-state index in [2.05, 4.69) is 9.97 Å². The van der Waals surface area contributed by atoms with Crippen LogP contribution in [0.1, 0.15) is 16.1 Å². The first-order valence-electron chi connectivity index (χ1n) is 7.38. The normalized spacial score (nSPS) is 15.6. The molecule has 0 aliphatic carbocycles. The Kier molecular flexibility index (Phi) is 3.07. The van der Waals surface area contributed by atoms with Gasteiger partial charge < -0.3 is 19.3 Å². The molecule has 7 nitrogen and oxygen atoms in total. The van der Waals surface area contributed by atoms with Crippen molar-refractivity contribution in [3.63, 3.8) is 0 Å². The van der Waals surface area contributed by atoms with Gasteiger partial charge in [-0.05, 0) is 12.1 Å². The summed E-state index contributed by atoms with van der Waals surface area (Å²) in [5.41, 5.74) is 2.05. The summed E-state index contributed by atoms with van der Waals surface area (Å²) >= 11 is 0. The Hall–Kier alpha value is -2.83. The molecular weight excluding hydrogens is 296 g/mol. The van der Waals surface area contributed by atoms with Gasteiger partial charge in [0.1, 0.15) is 13.2 Å². The molecule has 2 aliphatic heterocycles. The summed E-state index contributed by atoms with van der Waals surface area (Å²) in [6, 6.07) is 5.52. The van der Waals surface area contributed by atoms with Gasteiger partial charge in [-0.15, -0.1) is 0 Å². The molecule has 3 heterocycles. The number of carbonyl (C=O) groups excluding carboxylic acids is 1. The van der Waals surface area contributed by atoms with Crippen LogP contribution in [0.15, 0.2) is 24.4 Å². The van der Waals surface area contributed by atoms with Crippen LogP contribution in [0.4, 0.5) is 11.6 Å². The quantitative estimate of drug-likeness (QED) is 0.836. The summed E-state index contributed by atoms with van der Waals surface area (Å²) in [5.74, 6) is 1.87. The summed E-state index contributed by atoms with van der Waals surface area (Å²) in [5, 5.41) is 0. The zero-order chi connectivity index (χ0) is 16.0. The highest BCUT2D eigenvalue weighted by Gasteiger charge is 2.31. The predicted molar refractivity (Wildman–Crippen MR) is 84.3 cm³/mol. The lowest BCUT2D eigenvalue weighted by Gasteiger charge is -2.21. The first-order chi connectivity index (χ1) is 11.1. The molecule has 0 saturated heterocycles. The van der Waals surface area contributed by atoms with Gasteiger partial charge in [0.2, 0.25) is 5.95 Å². The number of nitrogens with zero attached hydrogens (tertiary/aromatic N) is 4. The van der Waals surface area contributed by atoms with Crippen molar-refractivity contribution in [2.75, 3.05) is 37.1 Å². The second-order valence-corrected chi connectivity index (χ2v) is 5.64. The Labute approximate surface area is 133 Å². The van der Waals surface area contributed by atoms with Gasteiger partial charge in [0.05, 0.1) is 17.8 Å². The van der Waals surface area contributed by atoms with Crippen LogP contribution in [0.2, 0.25) is 0 Å². The van der Waals surface area contributed by atoms with Crippen LogP contribution >= 0.6 is 0 Å². The molecule has 2 aliphatic rings. The van der Waals surface area contributed by atoms with Gasteiger partial charge in [0.25, 0.3) is 5.91 Å². The molecule has 0 saturated carbocycles. The largest absolute Gasteiger partial charge is 0.486 e. The molecule has 7 heteroatoms. The molecule has 2 aromatic rings. The number of aromatic nitrogens is 2. The number of benzene rings is 1. The third-order valence-electron chi connectivity index (χ3n) is 3.88. The minimum Gasteiger partial charge on any atom is -0.486 e. The number of ether oxygens (including phenoxy) is 2. The summed E-state index contributed by atoms with van der Waals surface area (Å²) in [6.07, 6.45) is 1.60. The van der Waals surface area contributed by atoms with Gasteiger partial charge >= 0.3 is 0 Å². The third kappa shape index (κ3) is 2.25. The van der Waals surface area contributed by atoms with E-state index in [0.29, 0.717) is 42.8 Å². The molecule has 0 unspecified atom stereocenters. The van der Waals surface area contributed by atoms with E-state index in [4.69, 9.17) is 9.47 Å². The number of hydrogen-bond donors (Lipinski definition) is 0. The Morgan fingerprint density at radius 2 is 1.96 bits per heavy atom. The molecule has 0 N–H and O–H groups in total. The minimum absolute atomic E-state index is 0.0954. The van der Waals surface area contributed by atoms with Crippen molar-refractivity contribution in [1.82, 2.24) is 9.97 Å². The van der Waals surface area contributed by atoms with Gasteiger partial charge in [0, 0.05) is 32.0 Å². The van der Waals surface area contributed by atoms with Gasteiger partial charge in [-0.25, -0.2) is 9.97 Å². The van der Waals surface area contributed by atoms with Crippen LogP contribution in [0.3, 0.4) is 0 Å². The zero-order valence-corrected chi connectivity index (χ0v) is 12.9. The molecule has 23 heavy (non-hydrogen) atoms. The topological polar surface area (TPSA) is 67.8 Å². The van der Waals surface area contributed by atoms with E-state index in [1.807, 2.05) is 37.2 Å². The van der Waals surface area contributed by atoms with Gasteiger partial charge in [-0.2, -0.15) is 0 Å². The first kappa shape index (κ1) is 13.8. The monoisotopic (exact) mass is 312 g/mol. The Bertz CT molecular complexity index is 791. The van der Waals surface area contributed by atoms with Crippen molar-refractivity contribution in [2.24, 2.45) is 0 Å². The maximum Gasteiger partial charge on any atom is 0.262 e. The smallest absolute Gasteiger partial charge is 0.262 e. The van der Waals surface area contributed by atoms with Crippen molar-refractivity contribution in [2.45, 2.75) is 6.54 Å². The SMILES string of the molecule is CN(C)c1ncc2c(n1)CN(c1ccc3c(c1)OCCO3)C2=O. The highest BCUT2D eigenvalue weighted by atomic mass is 16.6. The lowest BCUT2D eigenvalue weighted by atomic mass is 10.2. The highest BCUT2D eigenvalue weighted by Crippen LogP contribution is 2.36. The summed E-state index contributed by atoms with van der Waals surface area (Å²) in [4.78, 5) is 24.8. The molecule has 118 valence electrons. The number of carbonyl (C=O) groups is 1. The lowest BCUT2D eigenvalue weighted by molar-refractivity contribution is 0.0996. The molecule has 0 atom stereocenters. The van der Waals surface area contributed by atoms with Gasteiger partial charge in [-0.3, -0.25) is 4.79 Å². The fraction of sp³-hybridized carbons (Fsp3) is 0.312. The number of amides is 1. The molecule has 0 spiro atoms. The Morgan fingerprint density at radius 3 is 2.74 bits per heavy atom. The summed E-state index contributed by atoms with van der Waals surface area (Å²) in [7, 11) is 3.74. The second kappa shape index (κ2) is 5.12. The van der Waals surface area contributed by atoms with E-state index in [0.717, 1.165) is 11.4 Å². The summed E-state index contributed by atoms with van der Waals surface area (Å²) < 4.78 is 11.1. The van der Waals surface area contributed by atoms with Crippen molar-refractivity contribution in [3.05, 3.63) is 35.7 Å².